The first-order chi connectivity index (χ1) is 9.59. The van der Waals surface area contributed by atoms with Crippen LogP contribution in [0.3, 0.4) is 0 Å². The van der Waals surface area contributed by atoms with Crippen LogP contribution in [0.2, 0.25) is 0 Å². The van der Waals surface area contributed by atoms with E-state index in [-0.39, 0.29) is 16.6 Å². The number of ketones is 1. The zero-order chi connectivity index (χ0) is 15.8. The molecular weight excluding hydrogens is 276 g/mol. The standard InChI is InChI=1S/C19H26OS/c1-18(2,3)15-11-13(10-14-8-7-9-21-14)12-16(17(15)20)19(4,5)6/h7-9,11-13H,10H2,1-6H3. The molecule has 0 atom stereocenters. The number of hydrogen-bond acceptors (Lipinski definition) is 2. The Kier molecular flexibility index (Phi) is 4.30. The Morgan fingerprint density at radius 3 is 1.90 bits per heavy atom. The fourth-order valence-corrected chi connectivity index (χ4v) is 3.51. The molecule has 1 aromatic heterocycles. The zero-order valence-electron chi connectivity index (χ0n) is 14.0. The van der Waals surface area contributed by atoms with Crippen molar-refractivity contribution in [1.29, 1.82) is 0 Å². The molecule has 0 bridgehead atoms. The number of allylic oxidation sites excluding steroid dienone is 4. The van der Waals surface area contributed by atoms with E-state index in [1.54, 1.807) is 11.3 Å². The van der Waals surface area contributed by atoms with Crippen molar-refractivity contribution in [3.8, 4) is 0 Å². The number of hydrogen-bond donors (Lipinski definition) is 0. The summed E-state index contributed by atoms with van der Waals surface area (Å²) in [6, 6.07) is 4.27. The van der Waals surface area contributed by atoms with Crippen molar-refractivity contribution in [3.63, 3.8) is 0 Å². The van der Waals surface area contributed by atoms with Crippen LogP contribution >= 0.6 is 11.3 Å². The third-order valence-corrected chi connectivity index (χ3v) is 4.78. The van der Waals surface area contributed by atoms with E-state index in [4.69, 9.17) is 0 Å². The van der Waals surface area contributed by atoms with Crippen molar-refractivity contribution in [2.45, 2.75) is 48.0 Å². The Balaban J connectivity index is 2.40. The van der Waals surface area contributed by atoms with Crippen LogP contribution in [0.15, 0.2) is 40.8 Å². The van der Waals surface area contributed by atoms with E-state index in [1.807, 2.05) is 0 Å². The number of thiophene rings is 1. The number of rotatable bonds is 2. The van der Waals surface area contributed by atoms with Gasteiger partial charge in [-0.1, -0.05) is 59.8 Å². The molecule has 2 rings (SSSR count). The molecular formula is C19H26OS. The van der Waals surface area contributed by atoms with Gasteiger partial charge >= 0.3 is 0 Å². The van der Waals surface area contributed by atoms with Gasteiger partial charge < -0.3 is 0 Å². The van der Waals surface area contributed by atoms with Crippen molar-refractivity contribution in [2.75, 3.05) is 0 Å². The lowest BCUT2D eigenvalue weighted by atomic mass is 9.70. The SMILES string of the molecule is CC(C)(C)C1=CC(Cc2cccs2)C=C(C(C)(C)C)C1=O. The van der Waals surface area contributed by atoms with Crippen LogP contribution in [0.5, 0.6) is 0 Å². The Hall–Kier alpha value is -1.15. The molecule has 21 heavy (non-hydrogen) atoms. The van der Waals surface area contributed by atoms with Gasteiger partial charge in [-0.15, -0.1) is 11.3 Å². The lowest BCUT2D eigenvalue weighted by molar-refractivity contribution is -0.114. The maximum absolute atomic E-state index is 12.8. The molecule has 1 heterocycles. The van der Waals surface area contributed by atoms with E-state index in [0.29, 0.717) is 5.92 Å². The summed E-state index contributed by atoms with van der Waals surface area (Å²) in [7, 11) is 0. The highest BCUT2D eigenvalue weighted by atomic mass is 32.1. The van der Waals surface area contributed by atoms with Crippen molar-refractivity contribution in [2.24, 2.45) is 16.7 Å². The van der Waals surface area contributed by atoms with Crippen LogP contribution in [0.4, 0.5) is 0 Å². The molecule has 1 aliphatic carbocycles. The van der Waals surface area contributed by atoms with Gasteiger partial charge in [0.1, 0.15) is 0 Å². The molecule has 0 spiro atoms. The topological polar surface area (TPSA) is 17.1 Å². The highest BCUT2D eigenvalue weighted by Gasteiger charge is 2.35. The van der Waals surface area contributed by atoms with Gasteiger partial charge in [0.15, 0.2) is 5.78 Å². The molecule has 1 aliphatic rings. The third kappa shape index (κ3) is 3.74. The second kappa shape index (κ2) is 5.57. The van der Waals surface area contributed by atoms with Gasteiger partial charge in [0.05, 0.1) is 0 Å². The maximum atomic E-state index is 12.8. The van der Waals surface area contributed by atoms with Crippen LogP contribution in [0, 0.1) is 16.7 Å². The fraction of sp³-hybridized carbons (Fsp3) is 0.526. The molecule has 0 radical (unpaired) electrons. The summed E-state index contributed by atoms with van der Waals surface area (Å²) in [5.74, 6) is 0.558. The third-order valence-electron chi connectivity index (χ3n) is 3.88. The summed E-state index contributed by atoms with van der Waals surface area (Å²) in [5, 5.41) is 2.12. The summed E-state index contributed by atoms with van der Waals surface area (Å²) in [6.45, 7) is 12.8. The predicted octanol–water partition coefficient (Wildman–Crippen LogP) is 5.43. The molecule has 0 N–H and O–H groups in total. The van der Waals surface area contributed by atoms with Crippen LogP contribution in [0.25, 0.3) is 0 Å². The first-order valence-corrected chi connectivity index (χ1v) is 8.48. The average Bonchev–Trinajstić information content (AvgIpc) is 2.81. The minimum absolute atomic E-state index is 0.102. The molecule has 0 amide bonds. The molecule has 0 saturated heterocycles. The van der Waals surface area contributed by atoms with Gasteiger partial charge in [0, 0.05) is 21.9 Å². The van der Waals surface area contributed by atoms with Crippen LogP contribution < -0.4 is 0 Å². The Labute approximate surface area is 132 Å². The Morgan fingerprint density at radius 2 is 1.52 bits per heavy atom. The van der Waals surface area contributed by atoms with Gasteiger partial charge in [-0.05, 0) is 28.7 Å². The molecule has 0 aliphatic heterocycles. The predicted molar refractivity (Wildman–Crippen MR) is 91.6 cm³/mol. The number of carbonyl (C=O) groups excluding carboxylic acids is 1. The summed E-state index contributed by atoms with van der Waals surface area (Å²) >= 11 is 1.79. The van der Waals surface area contributed by atoms with Gasteiger partial charge in [-0.2, -0.15) is 0 Å². The maximum Gasteiger partial charge on any atom is 0.185 e. The number of Topliss-reactive ketones (excluding diaryl/α,β-unsaturated/α-hetero) is 1. The highest BCUT2D eigenvalue weighted by molar-refractivity contribution is 7.09. The average molecular weight is 302 g/mol. The summed E-state index contributed by atoms with van der Waals surface area (Å²) in [6.07, 6.45) is 5.37. The van der Waals surface area contributed by atoms with E-state index in [2.05, 4.69) is 71.2 Å². The fourth-order valence-electron chi connectivity index (χ4n) is 2.73. The van der Waals surface area contributed by atoms with Crippen LogP contribution in [-0.2, 0) is 11.2 Å². The molecule has 0 fully saturated rings. The summed E-state index contributed by atoms with van der Waals surface area (Å²) < 4.78 is 0. The summed E-state index contributed by atoms with van der Waals surface area (Å²) in [4.78, 5) is 14.2. The lowest BCUT2D eigenvalue weighted by Gasteiger charge is -2.33. The van der Waals surface area contributed by atoms with E-state index in [0.717, 1.165) is 17.6 Å². The monoisotopic (exact) mass is 302 g/mol. The van der Waals surface area contributed by atoms with Crippen LogP contribution in [-0.4, -0.2) is 5.78 Å². The lowest BCUT2D eigenvalue weighted by Crippen LogP contribution is -2.29. The van der Waals surface area contributed by atoms with Crippen LogP contribution in [0.1, 0.15) is 46.4 Å². The highest BCUT2D eigenvalue weighted by Crippen LogP contribution is 2.39. The Morgan fingerprint density at radius 1 is 1.00 bits per heavy atom. The van der Waals surface area contributed by atoms with E-state index < -0.39 is 0 Å². The van der Waals surface area contributed by atoms with Crippen molar-refractivity contribution in [3.05, 3.63) is 45.7 Å². The molecule has 2 heteroatoms. The molecule has 114 valence electrons. The Bertz CT molecular complexity index is 540. The minimum atomic E-state index is -0.102. The van der Waals surface area contributed by atoms with Gasteiger partial charge in [0.25, 0.3) is 0 Å². The van der Waals surface area contributed by atoms with E-state index >= 15 is 0 Å². The smallest absolute Gasteiger partial charge is 0.185 e. The van der Waals surface area contributed by atoms with E-state index in [9.17, 15) is 4.79 Å². The second-order valence-electron chi connectivity index (χ2n) is 7.94. The zero-order valence-corrected chi connectivity index (χ0v) is 14.8. The molecule has 1 nitrogen and oxygen atoms in total. The van der Waals surface area contributed by atoms with Gasteiger partial charge in [-0.25, -0.2) is 0 Å². The molecule has 1 aromatic rings. The quantitative estimate of drug-likeness (QED) is 0.711. The molecule has 0 aromatic carbocycles. The van der Waals surface area contributed by atoms with Crippen molar-refractivity contribution >= 4 is 17.1 Å². The second-order valence-corrected chi connectivity index (χ2v) is 8.97. The molecule has 0 unspecified atom stereocenters. The van der Waals surface area contributed by atoms with E-state index in [1.165, 1.54) is 4.88 Å². The first kappa shape index (κ1) is 16.2. The first-order valence-electron chi connectivity index (χ1n) is 7.61. The van der Waals surface area contributed by atoms with Crippen molar-refractivity contribution < 1.29 is 4.79 Å². The van der Waals surface area contributed by atoms with Gasteiger partial charge in [0.2, 0.25) is 0 Å². The van der Waals surface area contributed by atoms with Gasteiger partial charge in [-0.3, -0.25) is 4.79 Å². The normalized spacial score (nSPS) is 17.7. The summed E-state index contributed by atoms with van der Waals surface area (Å²) in [5.41, 5.74) is 1.73. The van der Waals surface area contributed by atoms with Crippen molar-refractivity contribution in [1.82, 2.24) is 0 Å². The largest absolute Gasteiger partial charge is 0.289 e. The number of carbonyl (C=O) groups is 1. The minimum Gasteiger partial charge on any atom is -0.289 e. The molecule has 0 saturated carbocycles.